The molecule has 0 N–H and O–H groups in total. The number of rotatable bonds is 5. The van der Waals surface area contributed by atoms with E-state index in [0.29, 0.717) is 5.92 Å². The molecule has 0 aromatic heterocycles. The molecule has 8 rings (SSSR count). The van der Waals surface area contributed by atoms with Crippen LogP contribution in [0, 0.1) is 11.3 Å². The maximum absolute atomic E-state index is 6.57. The Morgan fingerprint density at radius 3 is 1.45 bits per heavy atom. The van der Waals surface area contributed by atoms with Gasteiger partial charge in [-0.2, -0.15) is 0 Å². The fraction of sp³-hybridized carbons (Fsp3) is 0.320. The molecule has 4 aliphatic carbocycles. The minimum Gasteiger partial charge on any atom is -1.00 e. The summed E-state index contributed by atoms with van der Waals surface area (Å²) in [6.45, 7) is 23.6. The molecule has 4 aromatic rings. The largest absolute Gasteiger partial charge is 1.00 e. The first-order chi connectivity index (χ1) is 24.9. The van der Waals surface area contributed by atoms with E-state index in [9.17, 15) is 0 Å². The number of hydrogen-bond acceptors (Lipinski definition) is 0. The predicted octanol–water partition coefficient (Wildman–Crippen LogP) is 8.21. The van der Waals surface area contributed by atoms with E-state index in [1.165, 1.54) is 72.4 Å². The van der Waals surface area contributed by atoms with Gasteiger partial charge in [0, 0.05) is 0 Å². The quantitative estimate of drug-likeness (QED) is 0.190. The molecule has 0 fully saturated rings. The Morgan fingerprint density at radius 1 is 0.655 bits per heavy atom. The van der Waals surface area contributed by atoms with Crippen molar-refractivity contribution in [2.75, 3.05) is 0 Å². The third-order valence-corrected chi connectivity index (χ3v) is 24.7. The van der Waals surface area contributed by atoms with Crippen LogP contribution in [0.3, 0.4) is 0 Å². The summed E-state index contributed by atoms with van der Waals surface area (Å²) in [6, 6.07) is 27.7. The van der Waals surface area contributed by atoms with Crippen LogP contribution in [-0.4, -0.2) is 7.42 Å². The van der Waals surface area contributed by atoms with Gasteiger partial charge in [0.1, 0.15) is 0 Å². The Balaban J connectivity index is 0.00000257. The van der Waals surface area contributed by atoms with Crippen molar-refractivity contribution in [3.63, 3.8) is 0 Å². The van der Waals surface area contributed by atoms with Gasteiger partial charge in [-0.05, 0) is 0 Å². The molecule has 0 saturated carbocycles. The first-order valence-electron chi connectivity index (χ1n) is 19.4. The molecule has 0 amide bonds. The van der Waals surface area contributed by atoms with Crippen LogP contribution in [0.15, 0.2) is 106 Å². The minimum absolute atomic E-state index is 0. The van der Waals surface area contributed by atoms with Crippen LogP contribution in [-0.2, 0) is 30.1 Å². The maximum atomic E-state index is 6.57. The fourth-order valence-corrected chi connectivity index (χ4v) is 23.6. The Morgan fingerprint density at radius 2 is 1.07 bits per heavy atom. The second-order valence-corrected chi connectivity index (χ2v) is 28.0. The van der Waals surface area contributed by atoms with Crippen molar-refractivity contribution in [1.82, 2.24) is 0 Å². The van der Waals surface area contributed by atoms with Crippen LogP contribution in [0.1, 0.15) is 124 Å². The van der Waals surface area contributed by atoms with E-state index >= 15 is 0 Å². The average Bonchev–Trinajstić information content (AvgIpc) is 3.80. The zero-order chi connectivity index (χ0) is 37.8. The van der Waals surface area contributed by atoms with Gasteiger partial charge in [-0.1, -0.05) is 0 Å². The van der Waals surface area contributed by atoms with Crippen LogP contribution in [0.25, 0.3) is 22.3 Å². The van der Waals surface area contributed by atoms with Crippen LogP contribution in [0.4, 0.5) is 0 Å². The van der Waals surface area contributed by atoms with Crippen LogP contribution < -0.4 is 24.8 Å². The van der Waals surface area contributed by atoms with Crippen molar-refractivity contribution in [2.24, 2.45) is 11.3 Å². The van der Waals surface area contributed by atoms with Gasteiger partial charge in [-0.3, -0.25) is 0 Å². The molecule has 0 radical (unpaired) electrons. The maximum Gasteiger partial charge on any atom is -1.00 e. The Hall–Kier alpha value is -2.38. The zero-order valence-electron chi connectivity index (χ0n) is 33.8. The second-order valence-electron chi connectivity index (χ2n) is 18.3. The SMILES string of the molecule is CCC1C=C(C(C)(C)C)C=[C]1[Zr+2](=[CH]c1ccc(Cl)cc1)(=[CH]c1ccc(Cl)cc1)[CH]1c2cc3c(cc2-c2cc4c(cc21)C(C)(C)C=C4C)C(C)=CC3(C)C.[Cl-].[Cl-]. The van der Waals surface area contributed by atoms with Gasteiger partial charge in [0.2, 0.25) is 0 Å². The van der Waals surface area contributed by atoms with E-state index in [0.717, 1.165) is 16.5 Å². The zero-order valence-corrected chi connectivity index (χ0v) is 39.2. The molecule has 4 aliphatic rings. The molecule has 0 nitrogen and oxygen atoms in total. The Labute approximate surface area is 356 Å². The third kappa shape index (κ3) is 7.12. The van der Waals surface area contributed by atoms with Crippen molar-refractivity contribution in [1.29, 1.82) is 0 Å². The van der Waals surface area contributed by atoms with Gasteiger partial charge in [-0.15, -0.1) is 0 Å². The van der Waals surface area contributed by atoms with Crippen molar-refractivity contribution < 1.29 is 44.1 Å². The summed E-state index contributed by atoms with van der Waals surface area (Å²) in [6.07, 6.45) is 11.3. The summed E-state index contributed by atoms with van der Waals surface area (Å²) < 4.78 is 7.43. The second kappa shape index (κ2) is 14.8. The number of halogens is 4. The Kier molecular flexibility index (Phi) is 11.3. The molecule has 0 heterocycles. The van der Waals surface area contributed by atoms with Crippen LogP contribution in [0.5, 0.6) is 0 Å². The van der Waals surface area contributed by atoms with Crippen LogP contribution in [0.2, 0.25) is 10.0 Å². The summed E-state index contributed by atoms with van der Waals surface area (Å²) in [5, 5.41) is 1.54. The molecule has 4 aromatic carbocycles. The first-order valence-corrected chi connectivity index (χ1v) is 25.6. The van der Waals surface area contributed by atoms with Crippen molar-refractivity contribution >= 4 is 41.8 Å². The van der Waals surface area contributed by atoms with Gasteiger partial charge in [-0.25, -0.2) is 0 Å². The van der Waals surface area contributed by atoms with E-state index in [-0.39, 0.29) is 44.7 Å². The van der Waals surface area contributed by atoms with Crippen molar-refractivity contribution in [3.05, 3.63) is 161 Å². The van der Waals surface area contributed by atoms with E-state index in [1.54, 1.807) is 3.28 Å². The van der Waals surface area contributed by atoms with E-state index in [1.807, 2.05) is 0 Å². The third-order valence-electron chi connectivity index (χ3n) is 12.6. The molecule has 5 heteroatoms. The summed E-state index contributed by atoms with van der Waals surface area (Å²) in [4.78, 5) is 0. The van der Waals surface area contributed by atoms with Crippen LogP contribution >= 0.6 is 23.2 Å². The number of benzene rings is 4. The van der Waals surface area contributed by atoms with Gasteiger partial charge < -0.3 is 24.8 Å². The molecule has 0 aliphatic heterocycles. The molecular weight excluding hydrogens is 834 g/mol. The number of fused-ring (bicyclic) bond motifs is 5. The molecule has 1 atom stereocenters. The van der Waals surface area contributed by atoms with Gasteiger partial charge in [0.15, 0.2) is 0 Å². The molecule has 284 valence electrons. The fourth-order valence-electron chi connectivity index (χ4n) is 10.1. The van der Waals surface area contributed by atoms with E-state index in [2.05, 4.69) is 174 Å². The van der Waals surface area contributed by atoms with E-state index < -0.39 is 19.3 Å². The normalized spacial score (nSPS) is 18.2. The topological polar surface area (TPSA) is 0 Å². The summed E-state index contributed by atoms with van der Waals surface area (Å²) in [5.41, 5.74) is 18.3. The summed E-state index contributed by atoms with van der Waals surface area (Å²) in [5.74, 6) is 0.365. The molecule has 0 spiro atoms. The standard InChI is InChI=1S/C25H25.C11H17.2C7H5Cl.2ClH.Zr/c1-14-12-24(3,4)22-8-16-7-17-9-23-19(15(2)13-25(23,5)6)11-21(17)20(16)10-18(14)22;1-5-9-6-7-10(8-9)11(2,3)4;2*1-6-2-4-7(8)5-3-6;;;/h7-13H,1-6H3;7-9H,5H2,1-4H3;2*1-5H;2*1H;/q;;;;;;+2/p-2. The predicted molar refractivity (Wildman–Crippen MR) is 230 cm³/mol. The first kappa shape index (κ1) is 42.2. The molecule has 0 saturated heterocycles. The van der Waals surface area contributed by atoms with Crippen molar-refractivity contribution in [3.8, 4) is 11.1 Å². The van der Waals surface area contributed by atoms with E-state index in [4.69, 9.17) is 23.2 Å². The van der Waals surface area contributed by atoms with Gasteiger partial charge >= 0.3 is 334 Å². The average molecular weight is 886 g/mol. The molecular formula is C50H52Cl4Zr. The van der Waals surface area contributed by atoms with Gasteiger partial charge in [0.25, 0.3) is 0 Å². The number of hydrogen-bond donors (Lipinski definition) is 0. The smallest absolute Gasteiger partial charge is 1.00 e. The molecule has 1 unspecified atom stereocenters. The Bertz CT molecular complexity index is 2330. The summed E-state index contributed by atoms with van der Waals surface area (Å²) >= 11 is 9.03. The van der Waals surface area contributed by atoms with Gasteiger partial charge in [0.05, 0.1) is 0 Å². The minimum atomic E-state index is -4.11. The monoisotopic (exact) mass is 882 g/mol. The summed E-state index contributed by atoms with van der Waals surface area (Å²) in [7, 11) is 0. The van der Waals surface area contributed by atoms with Crippen molar-refractivity contribution in [2.45, 2.75) is 90.1 Å². The molecule has 0 bridgehead atoms. The molecule has 55 heavy (non-hydrogen) atoms. The number of allylic oxidation sites excluding steroid dienone is 8.